The van der Waals surface area contributed by atoms with Gasteiger partial charge in [0.15, 0.2) is 5.84 Å². The van der Waals surface area contributed by atoms with Gasteiger partial charge in [0.1, 0.15) is 5.75 Å². The number of amidine groups is 1. The number of likely N-dealkylation sites (tertiary alicyclic amines) is 1. The highest BCUT2D eigenvalue weighted by atomic mass is 32.2. The molecule has 0 radical (unpaired) electrons. The van der Waals surface area contributed by atoms with Crippen molar-refractivity contribution in [2.75, 3.05) is 37.6 Å². The van der Waals surface area contributed by atoms with Crippen molar-refractivity contribution in [1.82, 2.24) is 4.90 Å². The van der Waals surface area contributed by atoms with Crippen LogP contribution < -0.4 is 15.2 Å². The van der Waals surface area contributed by atoms with E-state index in [1.165, 1.54) is 0 Å². The van der Waals surface area contributed by atoms with Crippen molar-refractivity contribution in [2.24, 2.45) is 22.0 Å². The number of fused-ring (bicyclic) bond motifs is 1. The summed E-state index contributed by atoms with van der Waals surface area (Å²) in [5.41, 5.74) is 6.67. The quantitative estimate of drug-likeness (QED) is 0.749. The van der Waals surface area contributed by atoms with Gasteiger partial charge in [0.05, 0.1) is 17.9 Å². The largest absolute Gasteiger partial charge is 0.492 e. The average Bonchev–Trinajstić information content (AvgIpc) is 2.71. The number of anilines is 1. The van der Waals surface area contributed by atoms with E-state index in [0.717, 1.165) is 32.2 Å². The van der Waals surface area contributed by atoms with Gasteiger partial charge in [-0.1, -0.05) is 6.07 Å². The van der Waals surface area contributed by atoms with E-state index in [4.69, 9.17) is 15.2 Å². The van der Waals surface area contributed by atoms with E-state index in [-0.39, 0.29) is 23.6 Å². The van der Waals surface area contributed by atoms with E-state index >= 15 is 0 Å². The van der Waals surface area contributed by atoms with E-state index in [9.17, 15) is 13.2 Å². The highest BCUT2D eigenvalue weighted by molar-refractivity contribution is 7.91. The van der Waals surface area contributed by atoms with Crippen LogP contribution in [0.15, 0.2) is 22.6 Å². The van der Waals surface area contributed by atoms with E-state index < -0.39 is 10.2 Å². The Hall–Kier alpha value is -2.33. The zero-order valence-electron chi connectivity index (χ0n) is 16.2. The van der Waals surface area contributed by atoms with E-state index in [2.05, 4.69) is 9.12 Å². The highest BCUT2D eigenvalue weighted by Crippen LogP contribution is 2.31. The minimum atomic E-state index is -3.82. The molecule has 2 saturated heterocycles. The third kappa shape index (κ3) is 4.48. The van der Waals surface area contributed by atoms with Crippen LogP contribution in [0.5, 0.6) is 5.75 Å². The number of rotatable bonds is 4. The number of ether oxygens (including phenoxy) is 2. The number of piperidine rings is 1. The van der Waals surface area contributed by atoms with Crippen LogP contribution in [0.25, 0.3) is 0 Å². The molecule has 0 aromatic heterocycles. The highest BCUT2D eigenvalue weighted by Gasteiger charge is 2.31. The molecule has 3 N–H and O–H groups in total. The standard InChI is InChI=1S/C19H26N4O5S/c20-18-17-15(21-29(25,26)22-18)4-1-5-16(17)28-12-13-3-2-8-23(11-13)19(24)14-6-9-27-10-7-14/h1,4-5,13-14,21H,2-3,6-12H2,(H2,20,22). The number of nitrogens with zero attached hydrogens (tertiary/aromatic N) is 2. The molecule has 2 fully saturated rings. The van der Waals surface area contributed by atoms with Crippen LogP contribution in [-0.4, -0.2) is 58.0 Å². The zero-order chi connectivity index (χ0) is 20.4. The summed E-state index contributed by atoms with van der Waals surface area (Å²) < 4.78 is 40.6. The average molecular weight is 423 g/mol. The monoisotopic (exact) mass is 422 g/mol. The molecule has 29 heavy (non-hydrogen) atoms. The summed E-state index contributed by atoms with van der Waals surface area (Å²) in [5, 5.41) is 0. The molecule has 10 heteroatoms. The maximum Gasteiger partial charge on any atom is 0.344 e. The van der Waals surface area contributed by atoms with Crippen molar-refractivity contribution in [2.45, 2.75) is 25.7 Å². The fourth-order valence-electron chi connectivity index (χ4n) is 4.15. The minimum Gasteiger partial charge on any atom is -0.492 e. The fourth-order valence-corrected chi connectivity index (χ4v) is 4.99. The van der Waals surface area contributed by atoms with Gasteiger partial charge in [-0.05, 0) is 37.8 Å². The van der Waals surface area contributed by atoms with Crippen LogP contribution in [0.1, 0.15) is 31.2 Å². The molecular weight excluding hydrogens is 396 g/mol. The molecule has 1 unspecified atom stereocenters. The van der Waals surface area contributed by atoms with Crippen LogP contribution >= 0.6 is 0 Å². The molecule has 1 amide bonds. The number of nitrogens with two attached hydrogens (primary N) is 1. The minimum absolute atomic E-state index is 0.0635. The van der Waals surface area contributed by atoms with Gasteiger partial charge in [-0.15, -0.1) is 4.40 Å². The first-order chi connectivity index (χ1) is 13.9. The van der Waals surface area contributed by atoms with E-state index in [1.54, 1.807) is 18.2 Å². The molecule has 0 bridgehead atoms. The lowest BCUT2D eigenvalue weighted by Gasteiger charge is -2.36. The summed E-state index contributed by atoms with van der Waals surface area (Å²) in [5.74, 6) is 0.893. The molecule has 3 aliphatic rings. The molecule has 0 spiro atoms. The van der Waals surface area contributed by atoms with Crippen LogP contribution in [0, 0.1) is 11.8 Å². The van der Waals surface area contributed by atoms with Gasteiger partial charge in [-0.3, -0.25) is 9.52 Å². The van der Waals surface area contributed by atoms with Crippen LogP contribution in [0.2, 0.25) is 0 Å². The summed E-state index contributed by atoms with van der Waals surface area (Å²) in [6.45, 7) is 3.19. The summed E-state index contributed by atoms with van der Waals surface area (Å²) >= 11 is 0. The van der Waals surface area contributed by atoms with Gasteiger partial charge < -0.3 is 20.1 Å². The van der Waals surface area contributed by atoms with Gasteiger partial charge >= 0.3 is 10.2 Å². The van der Waals surface area contributed by atoms with E-state index in [0.29, 0.717) is 43.4 Å². The van der Waals surface area contributed by atoms with Gasteiger partial charge in [-0.2, -0.15) is 8.42 Å². The van der Waals surface area contributed by atoms with Crippen LogP contribution in [-0.2, 0) is 19.7 Å². The Morgan fingerprint density at radius 2 is 2.10 bits per heavy atom. The number of amides is 1. The van der Waals surface area contributed by atoms with Gasteiger partial charge in [0.25, 0.3) is 0 Å². The lowest BCUT2D eigenvalue weighted by atomic mass is 9.94. The van der Waals surface area contributed by atoms with Crippen LogP contribution in [0.3, 0.4) is 0 Å². The molecule has 9 nitrogen and oxygen atoms in total. The Morgan fingerprint density at radius 3 is 2.90 bits per heavy atom. The summed E-state index contributed by atoms with van der Waals surface area (Å²) in [4.78, 5) is 14.8. The Balaban J connectivity index is 1.40. The van der Waals surface area contributed by atoms with Crippen molar-refractivity contribution in [3.8, 4) is 5.75 Å². The fraction of sp³-hybridized carbons (Fsp3) is 0.579. The van der Waals surface area contributed by atoms with Crippen molar-refractivity contribution >= 4 is 27.6 Å². The summed E-state index contributed by atoms with van der Waals surface area (Å²) in [6.07, 6.45) is 3.50. The van der Waals surface area contributed by atoms with Crippen molar-refractivity contribution in [1.29, 1.82) is 0 Å². The summed E-state index contributed by atoms with van der Waals surface area (Å²) in [6, 6.07) is 5.07. The third-order valence-electron chi connectivity index (χ3n) is 5.62. The Bertz CT molecular complexity index is 911. The molecule has 1 aromatic carbocycles. The first-order valence-corrected chi connectivity index (χ1v) is 11.4. The second-order valence-corrected chi connectivity index (χ2v) is 9.06. The molecule has 158 valence electrons. The molecule has 3 heterocycles. The number of carbonyl (C=O) groups excluding carboxylic acids is 1. The number of hydrogen-bond acceptors (Lipinski definition) is 6. The zero-order valence-corrected chi connectivity index (χ0v) is 17.0. The van der Waals surface area contributed by atoms with Crippen LogP contribution in [0.4, 0.5) is 5.69 Å². The second-order valence-electron chi connectivity index (χ2n) is 7.72. The molecular formula is C19H26N4O5S. The molecule has 1 aromatic rings. The SMILES string of the molecule is NC1=NS(=O)(=O)Nc2cccc(OCC3CCCN(C(=O)C4CCOCC4)C3)c21. The van der Waals surface area contributed by atoms with Gasteiger partial charge in [-0.25, -0.2) is 0 Å². The topological polar surface area (TPSA) is 123 Å². The first kappa shape index (κ1) is 20.0. The third-order valence-corrected chi connectivity index (χ3v) is 6.53. The molecule has 0 saturated carbocycles. The number of carbonyl (C=O) groups is 1. The maximum atomic E-state index is 12.8. The smallest absolute Gasteiger partial charge is 0.344 e. The predicted octanol–water partition coefficient (Wildman–Crippen LogP) is 1.11. The predicted molar refractivity (Wildman–Crippen MR) is 108 cm³/mol. The normalized spacial score (nSPS) is 24.2. The van der Waals surface area contributed by atoms with Gasteiger partial charge in [0.2, 0.25) is 5.91 Å². The second kappa shape index (κ2) is 8.19. The number of benzene rings is 1. The Labute approximate surface area is 170 Å². The Kier molecular flexibility index (Phi) is 5.64. The summed E-state index contributed by atoms with van der Waals surface area (Å²) in [7, 11) is -3.82. The molecule has 3 aliphatic heterocycles. The lowest BCUT2D eigenvalue weighted by molar-refractivity contribution is -0.140. The number of hydrogen-bond donors (Lipinski definition) is 2. The van der Waals surface area contributed by atoms with Crippen molar-refractivity contribution in [3.63, 3.8) is 0 Å². The van der Waals surface area contributed by atoms with E-state index in [1.807, 2.05) is 4.90 Å². The van der Waals surface area contributed by atoms with Crippen molar-refractivity contribution < 1.29 is 22.7 Å². The van der Waals surface area contributed by atoms with Gasteiger partial charge in [0, 0.05) is 38.1 Å². The molecule has 1 atom stereocenters. The molecule has 0 aliphatic carbocycles. The maximum absolute atomic E-state index is 12.8. The first-order valence-electron chi connectivity index (χ1n) is 9.94. The molecule has 4 rings (SSSR count). The Morgan fingerprint density at radius 1 is 1.31 bits per heavy atom. The number of nitrogens with one attached hydrogen (secondary N) is 1. The van der Waals surface area contributed by atoms with Crippen molar-refractivity contribution in [3.05, 3.63) is 23.8 Å². The lowest BCUT2D eigenvalue weighted by Crippen LogP contribution is -2.45.